The van der Waals surface area contributed by atoms with Gasteiger partial charge in [-0.2, -0.15) is 0 Å². The Morgan fingerprint density at radius 3 is 2.55 bits per heavy atom. The number of hydrogen-bond acceptors (Lipinski definition) is 1. The summed E-state index contributed by atoms with van der Waals surface area (Å²) in [5, 5.41) is 0.987. The van der Waals surface area contributed by atoms with Crippen LogP contribution < -0.4 is 0 Å². The van der Waals surface area contributed by atoms with E-state index in [2.05, 4.69) is 0 Å². The van der Waals surface area contributed by atoms with Crippen LogP contribution in [0.2, 0.25) is 5.32 Å². The third-order valence-electron chi connectivity index (χ3n) is 1.28. The van der Waals surface area contributed by atoms with Crippen LogP contribution in [0, 0.1) is 0 Å². The summed E-state index contributed by atoms with van der Waals surface area (Å²) in [7, 11) is 0. The first-order valence-electron chi connectivity index (χ1n) is 3.56. The van der Waals surface area contributed by atoms with Crippen molar-refractivity contribution in [2.45, 2.75) is 12.2 Å². The van der Waals surface area contributed by atoms with Gasteiger partial charge in [0.1, 0.15) is 0 Å². The topological polar surface area (TPSA) is 17.1 Å². The monoisotopic (exact) mass is 214 g/mol. The molecule has 1 nitrogen and oxygen atoms in total. The van der Waals surface area contributed by atoms with Gasteiger partial charge in [-0.25, -0.2) is 0 Å². The van der Waals surface area contributed by atoms with Gasteiger partial charge < -0.3 is 0 Å². The minimum absolute atomic E-state index is 0.140. The van der Waals surface area contributed by atoms with Crippen LogP contribution in [0.3, 0.4) is 0 Å². The molecule has 0 radical (unpaired) electrons. The predicted molar refractivity (Wildman–Crippen MR) is 47.0 cm³/mol. The van der Waals surface area contributed by atoms with Crippen molar-refractivity contribution in [3.05, 3.63) is 35.9 Å². The van der Waals surface area contributed by atoms with Crippen molar-refractivity contribution >= 4 is 19.6 Å². The molecular formula is C9H10OSe. The van der Waals surface area contributed by atoms with Crippen molar-refractivity contribution < 1.29 is 4.79 Å². The van der Waals surface area contributed by atoms with Gasteiger partial charge in [-0.05, 0) is 0 Å². The Morgan fingerprint density at radius 2 is 2.00 bits per heavy atom. The SMILES string of the molecule is CC[Se]C(=O)c1ccccc1. The number of benzene rings is 1. The fourth-order valence-electron chi connectivity index (χ4n) is 0.789. The fourth-order valence-corrected chi connectivity index (χ4v) is 1.97. The first-order valence-corrected chi connectivity index (χ1v) is 5.63. The number of carbonyl (C=O) groups excluding carboxylic acids is 1. The van der Waals surface area contributed by atoms with Crippen LogP contribution >= 0.6 is 0 Å². The molecule has 0 saturated heterocycles. The van der Waals surface area contributed by atoms with E-state index >= 15 is 0 Å². The van der Waals surface area contributed by atoms with E-state index in [0.29, 0.717) is 4.68 Å². The van der Waals surface area contributed by atoms with Gasteiger partial charge in [0, 0.05) is 0 Å². The van der Waals surface area contributed by atoms with E-state index in [0.717, 1.165) is 10.9 Å². The molecule has 1 aromatic carbocycles. The average molecular weight is 213 g/mol. The van der Waals surface area contributed by atoms with E-state index < -0.39 is 0 Å². The molecule has 11 heavy (non-hydrogen) atoms. The van der Waals surface area contributed by atoms with Gasteiger partial charge >= 0.3 is 72.6 Å². The van der Waals surface area contributed by atoms with E-state index in [4.69, 9.17) is 0 Å². The van der Waals surface area contributed by atoms with Crippen LogP contribution in [-0.2, 0) is 0 Å². The van der Waals surface area contributed by atoms with E-state index in [1.165, 1.54) is 0 Å². The summed E-state index contributed by atoms with van der Waals surface area (Å²) in [6.45, 7) is 2.04. The molecule has 1 rings (SSSR count). The first kappa shape index (κ1) is 8.51. The molecule has 0 bridgehead atoms. The van der Waals surface area contributed by atoms with Crippen molar-refractivity contribution in [2.24, 2.45) is 0 Å². The quantitative estimate of drug-likeness (QED) is 0.701. The molecule has 2 heteroatoms. The predicted octanol–water partition coefficient (Wildman–Crippen LogP) is 1.97. The van der Waals surface area contributed by atoms with Crippen molar-refractivity contribution in [2.75, 3.05) is 0 Å². The second-order valence-corrected chi connectivity index (χ2v) is 4.68. The molecule has 0 unspecified atom stereocenters. The van der Waals surface area contributed by atoms with Gasteiger partial charge in [0.05, 0.1) is 0 Å². The molecule has 0 N–H and O–H groups in total. The average Bonchev–Trinajstić information content (AvgIpc) is 2.07. The van der Waals surface area contributed by atoms with Crippen molar-refractivity contribution in [3.8, 4) is 0 Å². The molecule has 0 aliphatic carbocycles. The molecule has 0 spiro atoms. The Hall–Kier alpha value is -0.591. The third-order valence-corrected chi connectivity index (χ3v) is 2.94. The van der Waals surface area contributed by atoms with E-state index in [-0.39, 0.29) is 15.0 Å². The Bertz CT molecular complexity index is 231. The van der Waals surface area contributed by atoms with Crippen LogP contribution in [0.1, 0.15) is 17.3 Å². The summed E-state index contributed by atoms with van der Waals surface area (Å²) in [5.41, 5.74) is 0.856. The molecule has 0 atom stereocenters. The molecule has 0 fully saturated rings. The van der Waals surface area contributed by atoms with Gasteiger partial charge in [0.25, 0.3) is 0 Å². The molecule has 0 aliphatic heterocycles. The van der Waals surface area contributed by atoms with Gasteiger partial charge in [-0.15, -0.1) is 0 Å². The zero-order chi connectivity index (χ0) is 8.10. The van der Waals surface area contributed by atoms with E-state index in [9.17, 15) is 4.79 Å². The van der Waals surface area contributed by atoms with Gasteiger partial charge in [0.15, 0.2) is 0 Å². The zero-order valence-electron chi connectivity index (χ0n) is 6.41. The molecule has 0 aliphatic rings. The number of carbonyl (C=O) groups is 1. The molecule has 0 saturated carbocycles. The summed E-state index contributed by atoms with van der Waals surface area (Å²) in [6.07, 6.45) is 0. The summed E-state index contributed by atoms with van der Waals surface area (Å²) in [5.74, 6) is 0. The van der Waals surface area contributed by atoms with Gasteiger partial charge in [-0.3, -0.25) is 0 Å². The number of rotatable bonds is 3. The van der Waals surface area contributed by atoms with E-state index in [1.807, 2.05) is 37.3 Å². The van der Waals surface area contributed by atoms with Crippen molar-refractivity contribution in [3.63, 3.8) is 0 Å². The Balaban J connectivity index is 2.69. The molecule has 58 valence electrons. The molecule has 0 amide bonds. The fraction of sp³-hybridized carbons (Fsp3) is 0.222. The Labute approximate surface area is 73.0 Å². The van der Waals surface area contributed by atoms with E-state index in [1.54, 1.807) is 0 Å². The second kappa shape index (κ2) is 4.32. The summed E-state index contributed by atoms with van der Waals surface area (Å²) in [4.78, 5) is 11.3. The first-order chi connectivity index (χ1) is 5.34. The summed E-state index contributed by atoms with van der Waals surface area (Å²) >= 11 is 0.140. The second-order valence-electron chi connectivity index (χ2n) is 2.09. The third kappa shape index (κ3) is 2.49. The van der Waals surface area contributed by atoms with Crippen LogP contribution in [-0.4, -0.2) is 19.6 Å². The summed E-state index contributed by atoms with van der Waals surface area (Å²) in [6, 6.07) is 9.48. The van der Waals surface area contributed by atoms with Crippen molar-refractivity contribution in [1.82, 2.24) is 0 Å². The Kier molecular flexibility index (Phi) is 3.34. The van der Waals surface area contributed by atoms with Gasteiger partial charge in [-0.1, -0.05) is 0 Å². The van der Waals surface area contributed by atoms with Crippen LogP contribution in [0.25, 0.3) is 0 Å². The van der Waals surface area contributed by atoms with Gasteiger partial charge in [0.2, 0.25) is 0 Å². The molecule has 0 aromatic heterocycles. The standard InChI is InChI=1S/C9H10OSe/c1-2-11-9(10)8-6-4-3-5-7-8/h3-7H,2H2,1H3. The van der Waals surface area contributed by atoms with Crippen molar-refractivity contribution in [1.29, 1.82) is 0 Å². The normalized spacial score (nSPS) is 9.55. The number of hydrogen-bond donors (Lipinski definition) is 0. The maximum absolute atomic E-state index is 11.3. The summed E-state index contributed by atoms with van der Waals surface area (Å²) < 4.78 is 0.306. The zero-order valence-corrected chi connectivity index (χ0v) is 8.12. The Morgan fingerprint density at radius 1 is 1.36 bits per heavy atom. The molecule has 0 heterocycles. The molecule has 1 aromatic rings. The molecular weight excluding hydrogens is 203 g/mol. The van der Waals surface area contributed by atoms with Crippen LogP contribution in [0.15, 0.2) is 30.3 Å². The van der Waals surface area contributed by atoms with Crippen LogP contribution in [0.4, 0.5) is 0 Å². The van der Waals surface area contributed by atoms with Crippen LogP contribution in [0.5, 0.6) is 0 Å². The maximum atomic E-state index is 11.3. The minimum atomic E-state index is 0.140.